The Balaban J connectivity index is 1.78. The second-order valence-electron chi connectivity index (χ2n) is 5.70. The normalized spacial score (nSPS) is 10.1. The summed E-state index contributed by atoms with van der Waals surface area (Å²) >= 11 is 0. The van der Waals surface area contributed by atoms with Crippen molar-refractivity contribution >= 4 is 34.5 Å². The Morgan fingerprint density at radius 3 is 2.52 bits per heavy atom. The van der Waals surface area contributed by atoms with Crippen molar-refractivity contribution in [1.82, 2.24) is 9.97 Å². The Kier molecular flexibility index (Phi) is 5.32. The van der Waals surface area contributed by atoms with E-state index in [4.69, 9.17) is 5.73 Å². The van der Waals surface area contributed by atoms with Crippen LogP contribution in [0.1, 0.15) is 0 Å². The number of aromatic nitrogens is 2. The summed E-state index contributed by atoms with van der Waals surface area (Å²) in [7, 11) is 0. The number of nitrogens with two attached hydrogens (primary N) is 1. The Morgan fingerprint density at radius 1 is 1.04 bits per heavy atom. The SMILES string of the molecule is C=CC(=C)Nc1cccc(Nc2nc(Nc3ccc(N)cc3)ncc2F)c1. The predicted molar refractivity (Wildman–Crippen MR) is 109 cm³/mol. The number of rotatable bonds is 7. The smallest absolute Gasteiger partial charge is 0.229 e. The minimum atomic E-state index is -0.563. The van der Waals surface area contributed by atoms with Gasteiger partial charge in [-0.2, -0.15) is 4.98 Å². The molecule has 0 spiro atoms. The Morgan fingerprint density at radius 2 is 1.78 bits per heavy atom. The number of allylic oxidation sites excluding steroid dienone is 1. The van der Waals surface area contributed by atoms with E-state index in [9.17, 15) is 4.39 Å². The van der Waals surface area contributed by atoms with E-state index in [1.165, 1.54) is 0 Å². The quantitative estimate of drug-likeness (QED) is 0.357. The van der Waals surface area contributed by atoms with Crippen LogP contribution in [0.3, 0.4) is 0 Å². The van der Waals surface area contributed by atoms with E-state index in [0.29, 0.717) is 17.1 Å². The number of halogens is 1. The lowest BCUT2D eigenvalue weighted by atomic mass is 10.2. The highest BCUT2D eigenvalue weighted by molar-refractivity contribution is 5.65. The lowest BCUT2D eigenvalue weighted by Crippen LogP contribution is -2.03. The summed E-state index contributed by atoms with van der Waals surface area (Å²) in [6.07, 6.45) is 2.72. The molecule has 3 aromatic rings. The topological polar surface area (TPSA) is 87.9 Å². The van der Waals surface area contributed by atoms with E-state index in [2.05, 4.69) is 39.1 Å². The maximum atomic E-state index is 14.1. The van der Waals surface area contributed by atoms with Crippen LogP contribution in [-0.2, 0) is 0 Å². The summed E-state index contributed by atoms with van der Waals surface area (Å²) in [4.78, 5) is 8.16. The summed E-state index contributed by atoms with van der Waals surface area (Å²) in [5.74, 6) is -0.243. The molecule has 3 rings (SSSR count). The van der Waals surface area contributed by atoms with Crippen LogP contribution in [0.5, 0.6) is 0 Å². The third kappa shape index (κ3) is 4.82. The molecule has 136 valence electrons. The molecule has 0 saturated heterocycles. The number of benzene rings is 2. The fourth-order valence-electron chi connectivity index (χ4n) is 2.26. The minimum absolute atomic E-state index is 0.0580. The number of anilines is 6. The molecule has 0 radical (unpaired) electrons. The second-order valence-corrected chi connectivity index (χ2v) is 5.70. The number of nitrogens with one attached hydrogen (secondary N) is 3. The first-order valence-electron chi connectivity index (χ1n) is 8.14. The molecular formula is C20H19FN6. The molecule has 0 aliphatic rings. The van der Waals surface area contributed by atoms with Crippen molar-refractivity contribution in [3.8, 4) is 0 Å². The lowest BCUT2D eigenvalue weighted by Gasteiger charge is -2.11. The monoisotopic (exact) mass is 362 g/mol. The third-order valence-electron chi connectivity index (χ3n) is 3.59. The van der Waals surface area contributed by atoms with Gasteiger partial charge in [-0.25, -0.2) is 9.37 Å². The van der Waals surface area contributed by atoms with Gasteiger partial charge in [0.1, 0.15) is 0 Å². The van der Waals surface area contributed by atoms with E-state index in [1.54, 1.807) is 36.4 Å². The van der Waals surface area contributed by atoms with Crippen LogP contribution in [0.15, 0.2) is 79.7 Å². The van der Waals surface area contributed by atoms with Crippen LogP contribution in [0, 0.1) is 5.82 Å². The average Bonchev–Trinajstić information content (AvgIpc) is 2.66. The van der Waals surface area contributed by atoms with Gasteiger partial charge in [0.05, 0.1) is 6.20 Å². The summed E-state index contributed by atoms with van der Waals surface area (Å²) in [6.45, 7) is 7.46. The highest BCUT2D eigenvalue weighted by Gasteiger charge is 2.08. The zero-order valence-electron chi connectivity index (χ0n) is 14.5. The van der Waals surface area contributed by atoms with Crippen molar-refractivity contribution in [3.63, 3.8) is 0 Å². The van der Waals surface area contributed by atoms with E-state index >= 15 is 0 Å². The Bertz CT molecular complexity index is 968. The number of nitrogen functional groups attached to an aromatic ring is 1. The molecule has 0 bridgehead atoms. The maximum absolute atomic E-state index is 14.1. The second kappa shape index (κ2) is 8.01. The molecule has 0 fully saturated rings. The van der Waals surface area contributed by atoms with Crippen LogP contribution in [-0.4, -0.2) is 9.97 Å². The van der Waals surface area contributed by atoms with E-state index < -0.39 is 5.82 Å². The molecular weight excluding hydrogens is 343 g/mol. The van der Waals surface area contributed by atoms with Gasteiger partial charge in [0.2, 0.25) is 5.95 Å². The lowest BCUT2D eigenvalue weighted by molar-refractivity contribution is 0.619. The van der Waals surface area contributed by atoms with Gasteiger partial charge in [-0.05, 0) is 48.5 Å². The molecule has 2 aromatic carbocycles. The average molecular weight is 362 g/mol. The molecule has 0 atom stereocenters. The largest absolute Gasteiger partial charge is 0.399 e. The molecule has 0 unspecified atom stereocenters. The molecule has 7 heteroatoms. The molecule has 1 heterocycles. The fraction of sp³-hybridized carbons (Fsp3) is 0. The summed E-state index contributed by atoms with van der Waals surface area (Å²) in [5, 5.41) is 9.05. The van der Waals surface area contributed by atoms with E-state index in [-0.39, 0.29) is 11.8 Å². The first-order chi connectivity index (χ1) is 13.0. The van der Waals surface area contributed by atoms with Crippen molar-refractivity contribution in [3.05, 3.63) is 85.5 Å². The van der Waals surface area contributed by atoms with Gasteiger partial charge in [0, 0.05) is 28.4 Å². The standard InChI is InChI=1S/C20H19FN6/c1-3-13(2)24-16-5-4-6-17(11-16)25-19-18(21)12-23-20(27-19)26-15-9-7-14(22)8-10-15/h3-12,24H,1-2,22H2,(H2,23,25,26,27). The molecule has 0 amide bonds. The maximum Gasteiger partial charge on any atom is 0.229 e. The first kappa shape index (κ1) is 17.9. The Labute approximate surface area is 156 Å². The minimum Gasteiger partial charge on any atom is -0.399 e. The van der Waals surface area contributed by atoms with Gasteiger partial charge in [0.15, 0.2) is 11.6 Å². The molecule has 5 N–H and O–H groups in total. The van der Waals surface area contributed by atoms with Crippen LogP contribution in [0.2, 0.25) is 0 Å². The first-order valence-corrected chi connectivity index (χ1v) is 8.14. The third-order valence-corrected chi connectivity index (χ3v) is 3.59. The zero-order chi connectivity index (χ0) is 19.2. The van der Waals surface area contributed by atoms with Crippen LogP contribution in [0.4, 0.5) is 38.9 Å². The fourth-order valence-corrected chi connectivity index (χ4v) is 2.26. The van der Waals surface area contributed by atoms with Crippen LogP contribution < -0.4 is 21.7 Å². The van der Waals surface area contributed by atoms with Gasteiger partial charge in [0.25, 0.3) is 0 Å². The number of nitrogens with zero attached hydrogens (tertiary/aromatic N) is 2. The van der Waals surface area contributed by atoms with E-state index in [0.717, 1.165) is 17.6 Å². The molecule has 27 heavy (non-hydrogen) atoms. The van der Waals surface area contributed by atoms with Crippen molar-refractivity contribution in [1.29, 1.82) is 0 Å². The Hall–Kier alpha value is -3.87. The molecule has 6 nitrogen and oxygen atoms in total. The van der Waals surface area contributed by atoms with Gasteiger partial charge in [-0.15, -0.1) is 0 Å². The summed E-state index contributed by atoms with van der Waals surface area (Å²) in [6, 6.07) is 14.4. The predicted octanol–water partition coefficient (Wildman–Crippen LogP) is 4.80. The molecule has 0 saturated carbocycles. The number of hydrogen-bond acceptors (Lipinski definition) is 6. The molecule has 0 aliphatic heterocycles. The molecule has 1 aromatic heterocycles. The highest BCUT2D eigenvalue weighted by Crippen LogP contribution is 2.23. The van der Waals surface area contributed by atoms with E-state index in [1.807, 2.05) is 18.2 Å². The van der Waals surface area contributed by atoms with Crippen molar-refractivity contribution in [2.75, 3.05) is 21.7 Å². The van der Waals surface area contributed by atoms with Gasteiger partial charge >= 0.3 is 0 Å². The van der Waals surface area contributed by atoms with Gasteiger partial charge < -0.3 is 21.7 Å². The summed E-state index contributed by atoms with van der Waals surface area (Å²) in [5.41, 5.74) is 9.18. The van der Waals surface area contributed by atoms with Crippen LogP contribution in [0.25, 0.3) is 0 Å². The summed E-state index contributed by atoms with van der Waals surface area (Å²) < 4.78 is 14.1. The van der Waals surface area contributed by atoms with Crippen LogP contribution >= 0.6 is 0 Å². The van der Waals surface area contributed by atoms with Crippen molar-refractivity contribution in [2.24, 2.45) is 0 Å². The van der Waals surface area contributed by atoms with Crippen molar-refractivity contribution < 1.29 is 4.39 Å². The van der Waals surface area contributed by atoms with Crippen molar-refractivity contribution in [2.45, 2.75) is 0 Å². The highest BCUT2D eigenvalue weighted by atomic mass is 19.1. The number of hydrogen-bond donors (Lipinski definition) is 4. The molecule has 0 aliphatic carbocycles. The van der Waals surface area contributed by atoms with Gasteiger partial charge in [-0.3, -0.25) is 0 Å². The van der Waals surface area contributed by atoms with Gasteiger partial charge in [-0.1, -0.05) is 19.2 Å². The zero-order valence-corrected chi connectivity index (χ0v) is 14.5.